The van der Waals surface area contributed by atoms with Crippen LogP contribution in [0.15, 0.2) is 22.7 Å². The first-order valence-corrected chi connectivity index (χ1v) is 7.05. The lowest BCUT2D eigenvalue weighted by molar-refractivity contribution is 0.183. The molecule has 0 saturated heterocycles. The van der Waals surface area contributed by atoms with Gasteiger partial charge in [-0.15, -0.1) is 0 Å². The van der Waals surface area contributed by atoms with Crippen molar-refractivity contribution in [1.82, 2.24) is 5.32 Å². The van der Waals surface area contributed by atoms with Gasteiger partial charge >= 0.3 is 0 Å². The average Bonchev–Trinajstić information content (AvgIpc) is 2.38. The normalized spacial score (nSPS) is 12.4. The van der Waals surface area contributed by atoms with Crippen molar-refractivity contribution in [2.75, 3.05) is 27.4 Å². The second-order valence-corrected chi connectivity index (χ2v) is 5.05. The van der Waals surface area contributed by atoms with Gasteiger partial charge in [0, 0.05) is 24.2 Å². The van der Waals surface area contributed by atoms with E-state index in [1.54, 1.807) is 14.2 Å². The molecule has 0 saturated carbocycles. The fourth-order valence-electron chi connectivity index (χ4n) is 1.93. The van der Waals surface area contributed by atoms with Crippen LogP contribution in [0, 0.1) is 0 Å². The third-order valence-corrected chi connectivity index (χ3v) is 3.66. The molecular weight excluding hydrogens is 294 g/mol. The van der Waals surface area contributed by atoms with Gasteiger partial charge in [0.05, 0.1) is 7.11 Å². The topological polar surface area (TPSA) is 30.5 Å². The highest BCUT2D eigenvalue weighted by Crippen LogP contribution is 2.24. The van der Waals surface area contributed by atoms with Gasteiger partial charge in [0.1, 0.15) is 5.75 Å². The van der Waals surface area contributed by atoms with Crippen LogP contribution in [0.2, 0.25) is 0 Å². The van der Waals surface area contributed by atoms with Gasteiger partial charge < -0.3 is 14.8 Å². The van der Waals surface area contributed by atoms with E-state index in [-0.39, 0.29) is 0 Å². The first-order valence-electron chi connectivity index (χ1n) is 6.26. The molecule has 0 bridgehead atoms. The highest BCUT2D eigenvalue weighted by atomic mass is 79.9. The molecular formula is C14H22BrNO2. The van der Waals surface area contributed by atoms with Gasteiger partial charge in [0.2, 0.25) is 0 Å². The molecule has 3 nitrogen and oxygen atoms in total. The summed E-state index contributed by atoms with van der Waals surface area (Å²) >= 11 is 3.59. The van der Waals surface area contributed by atoms with E-state index in [0.717, 1.165) is 36.2 Å². The van der Waals surface area contributed by atoms with Crippen LogP contribution in [0.4, 0.5) is 0 Å². The third-order valence-electron chi connectivity index (χ3n) is 2.88. The van der Waals surface area contributed by atoms with Crippen molar-refractivity contribution in [2.24, 2.45) is 0 Å². The molecule has 0 aliphatic carbocycles. The van der Waals surface area contributed by atoms with Gasteiger partial charge in [-0.2, -0.15) is 0 Å². The summed E-state index contributed by atoms with van der Waals surface area (Å²) in [6.45, 7) is 3.87. The maximum Gasteiger partial charge on any atom is 0.119 e. The quantitative estimate of drug-likeness (QED) is 0.800. The van der Waals surface area contributed by atoms with Crippen LogP contribution in [0.5, 0.6) is 5.75 Å². The Hall–Kier alpha value is -0.580. The van der Waals surface area contributed by atoms with Crippen LogP contribution < -0.4 is 10.1 Å². The third kappa shape index (κ3) is 4.96. The molecule has 18 heavy (non-hydrogen) atoms. The molecule has 1 N–H and O–H groups in total. The first kappa shape index (κ1) is 15.5. The minimum Gasteiger partial charge on any atom is -0.497 e. The summed E-state index contributed by atoms with van der Waals surface area (Å²) in [5, 5.41) is 3.49. The van der Waals surface area contributed by atoms with Gasteiger partial charge in [-0.1, -0.05) is 22.9 Å². The summed E-state index contributed by atoms with van der Waals surface area (Å²) in [5.74, 6) is 0.898. The van der Waals surface area contributed by atoms with E-state index in [1.807, 2.05) is 12.1 Å². The smallest absolute Gasteiger partial charge is 0.119 e. The van der Waals surface area contributed by atoms with Gasteiger partial charge in [-0.3, -0.25) is 0 Å². The molecule has 102 valence electrons. The number of hydrogen-bond donors (Lipinski definition) is 1. The maximum absolute atomic E-state index is 5.27. The Morgan fingerprint density at radius 2 is 2.11 bits per heavy atom. The summed E-state index contributed by atoms with van der Waals surface area (Å²) in [6.07, 6.45) is 1.98. The molecule has 0 aliphatic heterocycles. The monoisotopic (exact) mass is 315 g/mol. The molecule has 0 fully saturated rings. The first-order chi connectivity index (χ1) is 8.71. The molecule has 0 amide bonds. The van der Waals surface area contributed by atoms with Crippen molar-refractivity contribution in [3.8, 4) is 5.75 Å². The molecule has 1 rings (SSSR count). The van der Waals surface area contributed by atoms with E-state index in [4.69, 9.17) is 9.47 Å². The molecule has 0 spiro atoms. The summed E-state index contributed by atoms with van der Waals surface area (Å²) in [6, 6.07) is 6.51. The van der Waals surface area contributed by atoms with Crippen LogP contribution in [0.25, 0.3) is 0 Å². The number of methoxy groups -OCH3 is 2. The SMILES string of the molecule is CCNC(CCOC)Cc1cc(OC)ccc1Br. The highest BCUT2D eigenvalue weighted by molar-refractivity contribution is 9.10. The lowest BCUT2D eigenvalue weighted by Crippen LogP contribution is -2.32. The van der Waals surface area contributed by atoms with Gasteiger partial charge in [-0.25, -0.2) is 0 Å². The molecule has 1 aromatic carbocycles. The van der Waals surface area contributed by atoms with Crippen LogP contribution >= 0.6 is 15.9 Å². The lowest BCUT2D eigenvalue weighted by Gasteiger charge is -2.18. The number of ether oxygens (including phenoxy) is 2. The van der Waals surface area contributed by atoms with E-state index in [9.17, 15) is 0 Å². The van der Waals surface area contributed by atoms with E-state index in [2.05, 4.69) is 34.2 Å². The molecule has 0 aromatic heterocycles. The molecule has 1 atom stereocenters. The van der Waals surface area contributed by atoms with Gasteiger partial charge in [0.25, 0.3) is 0 Å². The van der Waals surface area contributed by atoms with Crippen LogP contribution in [0.3, 0.4) is 0 Å². The summed E-state index contributed by atoms with van der Waals surface area (Å²) in [5.41, 5.74) is 1.26. The van der Waals surface area contributed by atoms with E-state index in [0.29, 0.717) is 6.04 Å². The molecule has 4 heteroatoms. The number of halogens is 1. The van der Waals surface area contributed by atoms with Crippen LogP contribution in [0.1, 0.15) is 18.9 Å². The zero-order chi connectivity index (χ0) is 13.4. The number of benzene rings is 1. The van der Waals surface area contributed by atoms with Crippen molar-refractivity contribution in [3.63, 3.8) is 0 Å². The van der Waals surface area contributed by atoms with Crippen molar-refractivity contribution in [2.45, 2.75) is 25.8 Å². The number of rotatable bonds is 8. The number of likely N-dealkylation sites (N-methyl/N-ethyl adjacent to an activating group) is 1. The largest absolute Gasteiger partial charge is 0.497 e. The van der Waals surface area contributed by atoms with Crippen molar-refractivity contribution >= 4 is 15.9 Å². The van der Waals surface area contributed by atoms with Crippen molar-refractivity contribution in [1.29, 1.82) is 0 Å². The predicted octanol–water partition coefficient (Wildman–Crippen LogP) is 3.01. The van der Waals surface area contributed by atoms with E-state index in [1.165, 1.54) is 5.56 Å². The van der Waals surface area contributed by atoms with Gasteiger partial charge in [-0.05, 0) is 43.1 Å². The molecule has 0 heterocycles. The minimum atomic E-state index is 0.429. The fourth-order valence-corrected chi connectivity index (χ4v) is 2.33. The Balaban J connectivity index is 2.72. The summed E-state index contributed by atoms with van der Waals surface area (Å²) < 4.78 is 11.6. The minimum absolute atomic E-state index is 0.429. The van der Waals surface area contributed by atoms with E-state index < -0.39 is 0 Å². The van der Waals surface area contributed by atoms with Crippen molar-refractivity contribution in [3.05, 3.63) is 28.2 Å². The van der Waals surface area contributed by atoms with Crippen LogP contribution in [-0.2, 0) is 11.2 Å². The Morgan fingerprint density at radius 1 is 1.33 bits per heavy atom. The highest BCUT2D eigenvalue weighted by Gasteiger charge is 2.11. The zero-order valence-corrected chi connectivity index (χ0v) is 12.9. The maximum atomic E-state index is 5.27. The number of hydrogen-bond acceptors (Lipinski definition) is 3. The predicted molar refractivity (Wildman–Crippen MR) is 78.4 cm³/mol. The van der Waals surface area contributed by atoms with Gasteiger partial charge in [0.15, 0.2) is 0 Å². The van der Waals surface area contributed by atoms with E-state index >= 15 is 0 Å². The Morgan fingerprint density at radius 3 is 2.72 bits per heavy atom. The zero-order valence-electron chi connectivity index (χ0n) is 11.3. The molecule has 0 aliphatic rings. The lowest BCUT2D eigenvalue weighted by atomic mass is 10.0. The molecule has 0 radical (unpaired) electrons. The van der Waals surface area contributed by atoms with Crippen LogP contribution in [-0.4, -0.2) is 33.4 Å². The fraction of sp³-hybridized carbons (Fsp3) is 0.571. The second-order valence-electron chi connectivity index (χ2n) is 4.20. The molecule has 1 unspecified atom stereocenters. The standard InChI is InChI=1S/C14H22BrNO2/c1-4-16-12(7-8-17-2)9-11-10-13(18-3)5-6-14(11)15/h5-6,10,12,16H,4,7-9H2,1-3H3. The Labute approximate surface area is 118 Å². The average molecular weight is 316 g/mol. The summed E-state index contributed by atoms with van der Waals surface area (Å²) in [4.78, 5) is 0. The Bertz CT molecular complexity index is 358. The summed E-state index contributed by atoms with van der Waals surface area (Å²) in [7, 11) is 3.43. The van der Waals surface area contributed by atoms with Crippen molar-refractivity contribution < 1.29 is 9.47 Å². The number of nitrogens with one attached hydrogen (secondary N) is 1. The second kappa shape index (κ2) is 8.51. The molecule has 1 aromatic rings. The Kier molecular flexibility index (Phi) is 7.32.